The number of rotatable bonds is 8. The molecule has 0 unspecified atom stereocenters. The van der Waals surface area contributed by atoms with Gasteiger partial charge in [0.1, 0.15) is 0 Å². The van der Waals surface area contributed by atoms with Gasteiger partial charge < -0.3 is 14.2 Å². The summed E-state index contributed by atoms with van der Waals surface area (Å²) in [5.74, 6) is 2.00. The number of methoxy groups -OCH3 is 3. The summed E-state index contributed by atoms with van der Waals surface area (Å²) in [4.78, 5) is 10.6. The Hall–Kier alpha value is -3.27. The molecule has 1 heterocycles. The second-order valence-corrected chi connectivity index (χ2v) is 8.04. The third-order valence-electron chi connectivity index (χ3n) is 4.22. The number of aromatic nitrogens is 3. The number of ether oxygens (including phenoxy) is 3. The Balaban J connectivity index is 2.21. The highest BCUT2D eigenvalue weighted by Gasteiger charge is 2.21. The van der Waals surface area contributed by atoms with Crippen molar-refractivity contribution in [3.8, 4) is 34.3 Å². The van der Waals surface area contributed by atoms with Gasteiger partial charge in [0.2, 0.25) is 5.75 Å². The van der Waals surface area contributed by atoms with Gasteiger partial charge in [-0.2, -0.15) is 0 Å². The molecule has 0 N–H and O–H groups in total. The molecule has 3 rings (SSSR count). The normalized spacial score (nSPS) is 10.9. The van der Waals surface area contributed by atoms with Crippen LogP contribution in [0.25, 0.3) is 17.1 Å². The third kappa shape index (κ3) is 4.18. The summed E-state index contributed by atoms with van der Waals surface area (Å²) < 4.78 is 18.2. The zero-order valence-corrected chi connectivity index (χ0v) is 18.1. The molecular formula is C20H22N4O5S. The molecule has 0 atom stereocenters. The van der Waals surface area contributed by atoms with Crippen LogP contribution in [-0.2, 0) is 0 Å². The van der Waals surface area contributed by atoms with Crippen LogP contribution < -0.4 is 14.2 Å². The van der Waals surface area contributed by atoms with Crippen LogP contribution in [0.2, 0.25) is 0 Å². The average molecular weight is 430 g/mol. The van der Waals surface area contributed by atoms with Crippen LogP contribution in [0.15, 0.2) is 41.6 Å². The van der Waals surface area contributed by atoms with Gasteiger partial charge in [0, 0.05) is 22.9 Å². The molecule has 0 aliphatic carbocycles. The van der Waals surface area contributed by atoms with Gasteiger partial charge in [0.15, 0.2) is 22.5 Å². The van der Waals surface area contributed by atoms with Gasteiger partial charge in [0.25, 0.3) is 5.69 Å². The number of hydrogen-bond donors (Lipinski definition) is 0. The molecule has 0 amide bonds. The van der Waals surface area contributed by atoms with E-state index in [1.165, 1.54) is 19.2 Å². The highest BCUT2D eigenvalue weighted by molar-refractivity contribution is 7.99. The number of nitro groups is 1. The first-order valence-corrected chi connectivity index (χ1v) is 9.94. The SMILES string of the molecule is COc1cc(-c2nnc(SC(C)C)n2-c2ccc([N+](=O)[O-])cc2)cc(OC)c1OC. The van der Waals surface area contributed by atoms with Crippen molar-refractivity contribution < 1.29 is 19.1 Å². The Labute approximate surface area is 178 Å². The van der Waals surface area contributed by atoms with E-state index in [1.807, 2.05) is 4.57 Å². The summed E-state index contributed by atoms with van der Waals surface area (Å²) >= 11 is 1.54. The molecule has 0 aliphatic rings. The fourth-order valence-electron chi connectivity index (χ4n) is 2.91. The van der Waals surface area contributed by atoms with Crippen molar-refractivity contribution >= 4 is 17.4 Å². The predicted molar refractivity (Wildman–Crippen MR) is 114 cm³/mol. The topological polar surface area (TPSA) is 102 Å². The standard InChI is InChI=1S/C20H22N4O5S/c1-12(2)30-20-22-21-19(23(20)14-6-8-15(9-7-14)24(25)26)13-10-16(27-3)18(29-5)17(11-13)28-4/h6-12H,1-5H3. The Morgan fingerprint density at radius 1 is 1.00 bits per heavy atom. The van der Waals surface area contributed by atoms with Crippen LogP contribution in [0.4, 0.5) is 5.69 Å². The molecule has 1 aromatic heterocycles. The van der Waals surface area contributed by atoms with Gasteiger partial charge in [-0.05, 0) is 24.3 Å². The van der Waals surface area contributed by atoms with E-state index in [9.17, 15) is 10.1 Å². The van der Waals surface area contributed by atoms with Gasteiger partial charge in [-0.3, -0.25) is 14.7 Å². The summed E-state index contributed by atoms with van der Waals surface area (Å²) in [5.41, 5.74) is 1.42. The Morgan fingerprint density at radius 2 is 1.60 bits per heavy atom. The maximum atomic E-state index is 11.0. The minimum absolute atomic E-state index is 0.0132. The number of benzene rings is 2. The van der Waals surface area contributed by atoms with E-state index in [4.69, 9.17) is 14.2 Å². The fraction of sp³-hybridized carbons (Fsp3) is 0.300. The third-order valence-corrected chi connectivity index (χ3v) is 5.16. The van der Waals surface area contributed by atoms with Crippen molar-refractivity contribution in [1.29, 1.82) is 0 Å². The molecule has 10 heteroatoms. The lowest BCUT2D eigenvalue weighted by Gasteiger charge is -2.15. The highest BCUT2D eigenvalue weighted by atomic mass is 32.2. The Morgan fingerprint density at radius 3 is 2.07 bits per heavy atom. The zero-order valence-electron chi connectivity index (χ0n) is 17.3. The smallest absolute Gasteiger partial charge is 0.269 e. The second kappa shape index (κ2) is 9.04. The molecule has 0 bridgehead atoms. The van der Waals surface area contributed by atoms with Gasteiger partial charge >= 0.3 is 0 Å². The van der Waals surface area contributed by atoms with Crippen LogP contribution in [0.3, 0.4) is 0 Å². The van der Waals surface area contributed by atoms with Crippen LogP contribution in [0, 0.1) is 10.1 Å². The number of nitro benzene ring substituents is 1. The summed E-state index contributed by atoms with van der Waals surface area (Å²) in [7, 11) is 4.63. The van der Waals surface area contributed by atoms with Crippen molar-refractivity contribution in [2.75, 3.05) is 21.3 Å². The number of thioether (sulfide) groups is 1. The molecule has 158 valence electrons. The van der Waals surface area contributed by atoms with Crippen molar-refractivity contribution in [1.82, 2.24) is 14.8 Å². The van der Waals surface area contributed by atoms with Gasteiger partial charge in [-0.15, -0.1) is 10.2 Å². The maximum absolute atomic E-state index is 11.0. The Kier molecular flexibility index (Phi) is 6.46. The summed E-state index contributed by atoms with van der Waals surface area (Å²) in [6.45, 7) is 4.11. The predicted octanol–water partition coefficient (Wildman–Crippen LogP) is 4.37. The van der Waals surface area contributed by atoms with Crippen molar-refractivity contribution in [2.24, 2.45) is 0 Å². The molecular weight excluding hydrogens is 408 g/mol. The van der Waals surface area contributed by atoms with E-state index in [0.717, 1.165) is 0 Å². The van der Waals surface area contributed by atoms with E-state index in [-0.39, 0.29) is 10.9 Å². The molecule has 0 spiro atoms. The zero-order chi connectivity index (χ0) is 21.8. The first kappa shape index (κ1) is 21.4. The number of nitrogens with zero attached hydrogens (tertiary/aromatic N) is 4. The molecule has 0 aliphatic heterocycles. The second-order valence-electron chi connectivity index (χ2n) is 6.50. The molecule has 30 heavy (non-hydrogen) atoms. The summed E-state index contributed by atoms with van der Waals surface area (Å²) in [5, 5.41) is 20.7. The van der Waals surface area contributed by atoms with Crippen LogP contribution in [0.1, 0.15) is 13.8 Å². The molecule has 2 aromatic carbocycles. The molecule has 0 saturated carbocycles. The lowest BCUT2D eigenvalue weighted by molar-refractivity contribution is -0.384. The van der Waals surface area contributed by atoms with E-state index in [0.29, 0.717) is 39.5 Å². The van der Waals surface area contributed by atoms with Crippen LogP contribution >= 0.6 is 11.8 Å². The van der Waals surface area contributed by atoms with Crippen molar-refractivity contribution in [3.05, 3.63) is 46.5 Å². The fourth-order valence-corrected chi connectivity index (χ4v) is 3.72. The van der Waals surface area contributed by atoms with Gasteiger partial charge in [0.05, 0.1) is 31.9 Å². The molecule has 0 saturated heterocycles. The monoisotopic (exact) mass is 430 g/mol. The van der Waals surface area contributed by atoms with E-state index < -0.39 is 4.92 Å². The Bertz CT molecular complexity index is 1020. The first-order valence-electron chi connectivity index (χ1n) is 9.06. The van der Waals surface area contributed by atoms with Gasteiger partial charge in [-0.25, -0.2) is 0 Å². The van der Waals surface area contributed by atoms with E-state index in [2.05, 4.69) is 24.0 Å². The summed E-state index contributed by atoms with van der Waals surface area (Å²) in [6.07, 6.45) is 0. The molecule has 0 fully saturated rings. The van der Waals surface area contributed by atoms with Gasteiger partial charge in [-0.1, -0.05) is 25.6 Å². The largest absolute Gasteiger partial charge is 0.493 e. The molecule has 3 aromatic rings. The average Bonchev–Trinajstić information content (AvgIpc) is 3.15. The highest BCUT2D eigenvalue weighted by Crippen LogP contribution is 2.42. The first-order chi connectivity index (χ1) is 14.4. The molecule has 0 radical (unpaired) electrons. The van der Waals surface area contributed by atoms with E-state index >= 15 is 0 Å². The lowest BCUT2D eigenvalue weighted by Crippen LogP contribution is -2.03. The number of non-ortho nitro benzene ring substituents is 1. The van der Waals surface area contributed by atoms with Crippen molar-refractivity contribution in [3.63, 3.8) is 0 Å². The van der Waals surface area contributed by atoms with Crippen molar-refractivity contribution in [2.45, 2.75) is 24.3 Å². The number of hydrogen-bond acceptors (Lipinski definition) is 8. The van der Waals surface area contributed by atoms with E-state index in [1.54, 1.807) is 50.2 Å². The maximum Gasteiger partial charge on any atom is 0.269 e. The van der Waals surface area contributed by atoms with Crippen LogP contribution in [-0.4, -0.2) is 46.3 Å². The quantitative estimate of drug-likeness (QED) is 0.295. The lowest BCUT2D eigenvalue weighted by atomic mass is 10.1. The van der Waals surface area contributed by atoms with Crippen LogP contribution in [0.5, 0.6) is 17.2 Å². The molecule has 9 nitrogen and oxygen atoms in total. The minimum atomic E-state index is -0.431. The minimum Gasteiger partial charge on any atom is -0.493 e. The summed E-state index contributed by atoms with van der Waals surface area (Å²) in [6, 6.07) is 9.84.